The van der Waals surface area contributed by atoms with Crippen molar-refractivity contribution in [3.8, 4) is 0 Å². The molecule has 2 heterocycles. The van der Waals surface area contributed by atoms with E-state index >= 15 is 0 Å². The smallest absolute Gasteiger partial charge is 0.235 e. The summed E-state index contributed by atoms with van der Waals surface area (Å²) in [6, 6.07) is 9.59. The summed E-state index contributed by atoms with van der Waals surface area (Å²) in [6.45, 7) is 2.28. The third-order valence-corrected chi connectivity index (χ3v) is 6.11. The van der Waals surface area contributed by atoms with E-state index in [4.69, 9.17) is 11.6 Å². The minimum absolute atomic E-state index is 0.0775. The van der Waals surface area contributed by atoms with Gasteiger partial charge in [-0.3, -0.25) is 4.79 Å². The fourth-order valence-corrected chi connectivity index (χ4v) is 4.09. The first-order chi connectivity index (χ1) is 12.4. The number of rotatable bonds is 6. The zero-order chi connectivity index (χ0) is 18.6. The van der Waals surface area contributed by atoms with Crippen LogP contribution in [0.4, 0.5) is 5.82 Å². The lowest BCUT2D eigenvalue weighted by Crippen LogP contribution is -2.30. The predicted molar refractivity (Wildman–Crippen MR) is 101 cm³/mol. The highest BCUT2D eigenvalue weighted by molar-refractivity contribution is 7.92. The highest BCUT2D eigenvalue weighted by Gasteiger charge is 2.19. The summed E-state index contributed by atoms with van der Waals surface area (Å²) in [5.41, 5.74) is 0.824. The van der Waals surface area contributed by atoms with E-state index in [0.717, 1.165) is 24.5 Å². The number of hydrogen-bond acceptors (Lipinski definition) is 5. The Morgan fingerprint density at radius 2 is 1.81 bits per heavy atom. The first-order valence-electron chi connectivity index (χ1n) is 8.39. The van der Waals surface area contributed by atoms with Crippen molar-refractivity contribution < 1.29 is 13.2 Å². The number of pyridine rings is 1. The summed E-state index contributed by atoms with van der Waals surface area (Å²) in [5.74, 6) is -0.222. The lowest BCUT2D eigenvalue weighted by atomic mass is 10.2. The van der Waals surface area contributed by atoms with Gasteiger partial charge in [-0.1, -0.05) is 17.7 Å². The van der Waals surface area contributed by atoms with Gasteiger partial charge in [-0.25, -0.2) is 13.4 Å². The number of nitrogens with one attached hydrogen (secondary N) is 1. The monoisotopic (exact) mass is 393 g/mol. The van der Waals surface area contributed by atoms with E-state index < -0.39 is 21.5 Å². The van der Waals surface area contributed by atoms with Crippen molar-refractivity contribution in [3.63, 3.8) is 0 Å². The van der Waals surface area contributed by atoms with E-state index in [2.05, 4.69) is 15.2 Å². The van der Waals surface area contributed by atoms with Gasteiger partial charge in [0.15, 0.2) is 9.84 Å². The Labute approximate surface area is 158 Å². The number of amides is 1. The Kier molecular flexibility index (Phi) is 5.78. The fourth-order valence-electron chi connectivity index (χ4n) is 2.80. The summed E-state index contributed by atoms with van der Waals surface area (Å²) in [7, 11) is -3.69. The average Bonchev–Trinajstić information content (AvgIpc) is 3.15. The number of benzene rings is 1. The van der Waals surface area contributed by atoms with E-state index in [1.54, 1.807) is 6.20 Å². The second kappa shape index (κ2) is 8.05. The summed E-state index contributed by atoms with van der Waals surface area (Å²) in [4.78, 5) is 18.7. The van der Waals surface area contributed by atoms with Gasteiger partial charge in [0.05, 0.1) is 4.90 Å². The van der Waals surface area contributed by atoms with Crippen LogP contribution in [0.15, 0.2) is 47.5 Å². The molecular formula is C18H20ClN3O3S. The standard InChI is InChI=1S/C18H20ClN3O3S/c19-15-4-6-16(7-5-15)26(24,25)13-18(23)21-12-14-3-8-17(20-11-14)22-9-1-2-10-22/h3-8,11H,1-2,9-10,12-13H2,(H,21,23). The van der Waals surface area contributed by atoms with Crippen molar-refractivity contribution in [1.29, 1.82) is 0 Å². The second-order valence-electron chi connectivity index (χ2n) is 6.21. The van der Waals surface area contributed by atoms with Crippen LogP contribution in [0.25, 0.3) is 0 Å². The molecule has 3 rings (SSSR count). The SMILES string of the molecule is O=C(CS(=O)(=O)c1ccc(Cl)cc1)NCc1ccc(N2CCCC2)nc1. The Hall–Kier alpha value is -2.12. The van der Waals surface area contributed by atoms with E-state index in [9.17, 15) is 13.2 Å². The quantitative estimate of drug-likeness (QED) is 0.815. The van der Waals surface area contributed by atoms with Gasteiger partial charge in [0, 0.05) is 30.9 Å². The van der Waals surface area contributed by atoms with Crippen LogP contribution in [-0.2, 0) is 21.2 Å². The number of aromatic nitrogens is 1. The van der Waals surface area contributed by atoms with Crippen molar-refractivity contribution in [1.82, 2.24) is 10.3 Å². The molecule has 1 aliphatic heterocycles. The van der Waals surface area contributed by atoms with Crippen molar-refractivity contribution in [2.75, 3.05) is 23.7 Å². The average molecular weight is 394 g/mol. The molecule has 1 amide bonds. The second-order valence-corrected chi connectivity index (χ2v) is 8.63. The zero-order valence-electron chi connectivity index (χ0n) is 14.2. The molecule has 6 nitrogen and oxygen atoms in total. The Morgan fingerprint density at radius 3 is 2.42 bits per heavy atom. The molecule has 0 spiro atoms. The van der Waals surface area contributed by atoms with Crippen LogP contribution in [0.5, 0.6) is 0 Å². The topological polar surface area (TPSA) is 79.4 Å². The molecule has 0 radical (unpaired) electrons. The van der Waals surface area contributed by atoms with E-state index in [1.165, 1.54) is 37.1 Å². The van der Waals surface area contributed by atoms with Crippen LogP contribution < -0.4 is 10.2 Å². The van der Waals surface area contributed by atoms with Crippen molar-refractivity contribution in [2.45, 2.75) is 24.3 Å². The maximum absolute atomic E-state index is 12.2. The third kappa shape index (κ3) is 4.74. The Balaban J connectivity index is 1.54. The number of sulfone groups is 1. The van der Waals surface area contributed by atoms with Gasteiger partial charge in [-0.2, -0.15) is 0 Å². The van der Waals surface area contributed by atoms with Crippen LogP contribution in [0.3, 0.4) is 0 Å². The largest absolute Gasteiger partial charge is 0.357 e. The lowest BCUT2D eigenvalue weighted by molar-refractivity contribution is -0.118. The van der Waals surface area contributed by atoms with Gasteiger partial charge in [0.25, 0.3) is 0 Å². The number of anilines is 1. The van der Waals surface area contributed by atoms with Crippen LogP contribution in [-0.4, -0.2) is 38.2 Å². The predicted octanol–water partition coefficient (Wildman–Crippen LogP) is 2.43. The fraction of sp³-hybridized carbons (Fsp3) is 0.333. The highest BCUT2D eigenvalue weighted by atomic mass is 35.5. The van der Waals surface area contributed by atoms with Crippen molar-refractivity contribution in [3.05, 3.63) is 53.2 Å². The van der Waals surface area contributed by atoms with Gasteiger partial charge in [-0.05, 0) is 48.7 Å². The van der Waals surface area contributed by atoms with E-state index in [1.807, 2.05) is 12.1 Å². The Morgan fingerprint density at radius 1 is 1.12 bits per heavy atom. The molecule has 26 heavy (non-hydrogen) atoms. The first kappa shape index (κ1) is 18.7. The molecule has 0 bridgehead atoms. The van der Waals surface area contributed by atoms with Crippen LogP contribution in [0.2, 0.25) is 5.02 Å². The maximum atomic E-state index is 12.2. The molecule has 1 aromatic carbocycles. The minimum Gasteiger partial charge on any atom is -0.357 e. The van der Waals surface area contributed by atoms with Gasteiger partial charge < -0.3 is 10.2 Å². The molecule has 8 heteroatoms. The van der Waals surface area contributed by atoms with Crippen molar-refractivity contribution in [2.24, 2.45) is 0 Å². The van der Waals surface area contributed by atoms with E-state index in [-0.39, 0.29) is 11.4 Å². The lowest BCUT2D eigenvalue weighted by Gasteiger charge is -2.16. The van der Waals surface area contributed by atoms with Crippen molar-refractivity contribution >= 4 is 33.2 Å². The number of carbonyl (C=O) groups excluding carboxylic acids is 1. The molecule has 0 aliphatic carbocycles. The number of halogens is 1. The normalized spacial score (nSPS) is 14.4. The number of hydrogen-bond donors (Lipinski definition) is 1. The van der Waals surface area contributed by atoms with E-state index in [0.29, 0.717) is 5.02 Å². The summed E-state index contributed by atoms with van der Waals surface area (Å²) < 4.78 is 24.5. The molecule has 1 saturated heterocycles. The van der Waals surface area contributed by atoms with Gasteiger partial charge in [0.1, 0.15) is 11.6 Å². The Bertz CT molecular complexity index is 862. The molecule has 138 valence electrons. The number of nitrogens with zero attached hydrogens (tertiary/aromatic N) is 2. The molecule has 0 atom stereocenters. The molecule has 1 fully saturated rings. The van der Waals surface area contributed by atoms with Crippen LogP contribution in [0.1, 0.15) is 18.4 Å². The summed E-state index contributed by atoms with van der Waals surface area (Å²) in [6.07, 6.45) is 4.07. The molecule has 1 aromatic heterocycles. The molecule has 0 saturated carbocycles. The van der Waals surface area contributed by atoms with Gasteiger partial charge in [-0.15, -0.1) is 0 Å². The third-order valence-electron chi connectivity index (χ3n) is 4.22. The first-order valence-corrected chi connectivity index (χ1v) is 10.4. The minimum atomic E-state index is -3.69. The van der Waals surface area contributed by atoms with Crippen LogP contribution in [0, 0.1) is 0 Å². The molecule has 1 N–H and O–H groups in total. The van der Waals surface area contributed by atoms with Gasteiger partial charge >= 0.3 is 0 Å². The number of carbonyl (C=O) groups is 1. The zero-order valence-corrected chi connectivity index (χ0v) is 15.8. The molecular weight excluding hydrogens is 374 g/mol. The highest BCUT2D eigenvalue weighted by Crippen LogP contribution is 2.18. The molecule has 1 aliphatic rings. The van der Waals surface area contributed by atoms with Gasteiger partial charge in [0.2, 0.25) is 5.91 Å². The summed E-state index contributed by atoms with van der Waals surface area (Å²) in [5, 5.41) is 3.07. The van der Waals surface area contributed by atoms with Crippen LogP contribution >= 0.6 is 11.6 Å². The molecule has 0 unspecified atom stereocenters. The molecule has 2 aromatic rings. The maximum Gasteiger partial charge on any atom is 0.235 e. The summed E-state index contributed by atoms with van der Waals surface area (Å²) >= 11 is 5.75.